The fourth-order valence-corrected chi connectivity index (χ4v) is 12.9. The van der Waals surface area contributed by atoms with Crippen LogP contribution in [0.15, 0.2) is 94.1 Å². The number of fused-ring (bicyclic) bond motifs is 3. The van der Waals surface area contributed by atoms with Gasteiger partial charge in [0, 0.05) is 41.2 Å². The average molecular weight is 836 g/mol. The second-order valence-electron chi connectivity index (χ2n) is 16.0. The number of rotatable bonds is 11. The fraction of sp³-hybridized carbons (Fsp3) is 0.306. The lowest BCUT2D eigenvalue weighted by atomic mass is 9.78. The second kappa shape index (κ2) is 16.3. The van der Waals surface area contributed by atoms with Crippen LogP contribution in [0.4, 0.5) is 5.69 Å². The Morgan fingerprint density at radius 2 is 1.64 bits per heavy atom. The highest BCUT2D eigenvalue weighted by Crippen LogP contribution is 2.54. The molecule has 0 fully saturated rings. The Morgan fingerprint density at radius 3 is 2.32 bits per heavy atom. The van der Waals surface area contributed by atoms with E-state index in [0.717, 1.165) is 82.0 Å². The van der Waals surface area contributed by atoms with E-state index in [4.69, 9.17) is 0 Å². The third kappa shape index (κ3) is 7.44. The Morgan fingerprint density at radius 1 is 0.932 bits per heavy atom. The summed E-state index contributed by atoms with van der Waals surface area (Å²) < 4.78 is 0. The molecule has 7 nitrogen and oxygen atoms in total. The van der Waals surface area contributed by atoms with E-state index in [1.807, 2.05) is 30.0 Å². The van der Waals surface area contributed by atoms with Crippen LogP contribution in [0, 0.1) is 22.7 Å². The number of aryl methyl sites for hydroxylation is 2. The van der Waals surface area contributed by atoms with E-state index in [2.05, 4.69) is 93.3 Å². The summed E-state index contributed by atoms with van der Waals surface area (Å²) in [5, 5.41) is 38.2. The molecule has 2 atom stereocenters. The van der Waals surface area contributed by atoms with Gasteiger partial charge in [-0.05, 0) is 126 Å². The van der Waals surface area contributed by atoms with Gasteiger partial charge >= 0.3 is 11.9 Å². The summed E-state index contributed by atoms with van der Waals surface area (Å²) in [5.74, 6) is -2.45. The van der Waals surface area contributed by atoms with Gasteiger partial charge in [-0.15, -0.1) is 34.4 Å². The van der Waals surface area contributed by atoms with Crippen molar-refractivity contribution in [2.75, 3.05) is 4.90 Å². The first-order valence-electron chi connectivity index (χ1n) is 20.3. The zero-order valence-electron chi connectivity index (χ0n) is 33.6. The van der Waals surface area contributed by atoms with Crippen LogP contribution >= 0.6 is 34.4 Å². The smallest absolute Gasteiger partial charge is 0.346 e. The number of nitrogens with zero attached hydrogens (tertiary/aromatic N) is 3. The van der Waals surface area contributed by atoms with Crippen molar-refractivity contribution in [2.45, 2.75) is 95.8 Å². The molecule has 0 spiro atoms. The highest BCUT2D eigenvalue weighted by atomic mass is 32.2. The van der Waals surface area contributed by atoms with E-state index in [9.17, 15) is 30.3 Å². The van der Waals surface area contributed by atoms with Gasteiger partial charge in [0.2, 0.25) is 0 Å². The number of aliphatic carboxylic acids is 2. The molecule has 2 unspecified atom stereocenters. The zero-order chi connectivity index (χ0) is 41.6. The molecule has 59 heavy (non-hydrogen) atoms. The van der Waals surface area contributed by atoms with E-state index < -0.39 is 11.9 Å². The minimum Gasteiger partial charge on any atom is -0.477 e. The van der Waals surface area contributed by atoms with Crippen LogP contribution in [0.5, 0.6) is 0 Å². The van der Waals surface area contributed by atoms with E-state index >= 15 is 0 Å². The van der Waals surface area contributed by atoms with E-state index in [1.54, 1.807) is 22.7 Å². The van der Waals surface area contributed by atoms with Gasteiger partial charge in [-0.2, -0.15) is 10.5 Å². The number of allylic oxidation sites excluding steroid dienone is 9. The van der Waals surface area contributed by atoms with Crippen molar-refractivity contribution in [1.82, 2.24) is 0 Å². The minimum atomic E-state index is -1.23. The molecular weight excluding hydrogens is 791 g/mol. The Balaban J connectivity index is 1.24. The van der Waals surface area contributed by atoms with Gasteiger partial charge in [0.15, 0.2) is 0 Å². The molecule has 2 N–H and O–H groups in total. The highest BCUT2D eigenvalue weighted by Gasteiger charge is 2.41. The van der Waals surface area contributed by atoms with Crippen LogP contribution in [0.1, 0.15) is 108 Å². The lowest BCUT2D eigenvalue weighted by Crippen LogP contribution is -2.44. The minimum absolute atomic E-state index is 0.0585. The standard InChI is InChI=1S/C49H45N3O4S3/c1-5-7-10-29-20-36(22-33(27-51)48(55)56)58-46(29)31-14-18-42-44(24-31)59-43-23-30(45-28(6-2)19-35(57-45)21-32(26-50)47(53)54)13-17-41(43)52(42)34-15-16-38-37-11-8-9-12-39(37)49(3,4)40(38)25-34/h8,11,14-16,18-25,42,44H,5-7,9-10,12-13,17H2,1-4H3,(H,53,54)(H,55,56)/b32-21+,33-22+. The maximum atomic E-state index is 11.7. The summed E-state index contributed by atoms with van der Waals surface area (Å²) in [7, 11) is 0. The number of carboxylic acid groups (broad SMARTS) is 2. The maximum absolute atomic E-state index is 11.7. The lowest BCUT2D eigenvalue weighted by Gasteiger charge is -2.45. The van der Waals surface area contributed by atoms with Crippen molar-refractivity contribution >= 4 is 80.9 Å². The molecule has 1 aliphatic heterocycles. The van der Waals surface area contributed by atoms with Crippen molar-refractivity contribution in [3.63, 3.8) is 0 Å². The summed E-state index contributed by atoms with van der Waals surface area (Å²) >= 11 is 4.98. The van der Waals surface area contributed by atoms with E-state index in [0.29, 0.717) is 0 Å². The monoisotopic (exact) mass is 835 g/mol. The Bertz CT molecular complexity index is 2640. The first-order chi connectivity index (χ1) is 28.4. The predicted molar refractivity (Wildman–Crippen MR) is 243 cm³/mol. The number of nitriles is 2. The highest BCUT2D eigenvalue weighted by molar-refractivity contribution is 8.04. The molecule has 0 radical (unpaired) electrons. The molecule has 0 bridgehead atoms. The molecule has 298 valence electrons. The van der Waals surface area contributed by atoms with Crippen molar-refractivity contribution in [2.24, 2.45) is 0 Å². The van der Waals surface area contributed by atoms with Gasteiger partial charge in [0.25, 0.3) is 0 Å². The molecule has 5 aliphatic rings. The number of thioether (sulfide) groups is 1. The van der Waals surface area contributed by atoms with E-state index in [1.165, 1.54) is 61.9 Å². The van der Waals surface area contributed by atoms with Gasteiger partial charge in [-0.1, -0.05) is 76.1 Å². The van der Waals surface area contributed by atoms with Gasteiger partial charge in [-0.25, -0.2) is 9.59 Å². The predicted octanol–water partition coefficient (Wildman–Crippen LogP) is 12.1. The average Bonchev–Trinajstić information content (AvgIpc) is 3.91. The summed E-state index contributed by atoms with van der Waals surface area (Å²) in [6.07, 6.45) is 24.4. The molecule has 0 saturated heterocycles. The third-order valence-corrected chi connectivity index (χ3v) is 15.7. The molecule has 4 aliphatic carbocycles. The number of carboxylic acids is 2. The van der Waals surface area contributed by atoms with Crippen molar-refractivity contribution in [1.29, 1.82) is 10.5 Å². The molecular formula is C49H45N3O4S3. The summed E-state index contributed by atoms with van der Waals surface area (Å²) in [5.41, 5.74) is 12.1. The van der Waals surface area contributed by atoms with Gasteiger partial charge in [0.05, 0.1) is 11.3 Å². The Kier molecular flexibility index (Phi) is 11.2. The lowest BCUT2D eigenvalue weighted by molar-refractivity contribution is -0.133. The topological polar surface area (TPSA) is 125 Å². The molecule has 8 rings (SSSR count). The van der Waals surface area contributed by atoms with E-state index in [-0.39, 0.29) is 27.9 Å². The SMILES string of the molecule is CCCCc1cc(/C=C(\C#N)C(=O)O)sc1C1=CC2SC3=C(CCC(c4sc(/C=C(\C#N)C(=O)O)cc4CC)=C3)N(c3ccc4c(c3)C(C)(C)C3=C4C=CCC3)C2C=C1. The quantitative estimate of drug-likeness (QED) is 0.144. The number of benzene rings is 1. The number of thiophene rings is 2. The number of hydrogen-bond acceptors (Lipinski definition) is 8. The second-order valence-corrected chi connectivity index (χ2v) is 19.4. The summed E-state index contributed by atoms with van der Waals surface area (Å²) in [6.45, 7) is 9.01. The number of unbranched alkanes of at least 4 members (excludes halogenated alkanes) is 1. The van der Waals surface area contributed by atoms with Crippen LogP contribution in [-0.4, -0.2) is 33.4 Å². The van der Waals surface area contributed by atoms with Crippen LogP contribution < -0.4 is 4.90 Å². The molecule has 3 heterocycles. The fourth-order valence-electron chi connectivity index (χ4n) is 9.10. The number of anilines is 1. The molecule has 2 aromatic heterocycles. The molecule has 0 amide bonds. The molecule has 3 aromatic rings. The summed E-state index contributed by atoms with van der Waals surface area (Å²) in [6, 6.07) is 14.9. The van der Waals surface area contributed by atoms with Crippen molar-refractivity contribution < 1.29 is 19.8 Å². The molecule has 1 aromatic carbocycles. The van der Waals surface area contributed by atoms with Gasteiger partial charge in [-0.3, -0.25) is 0 Å². The normalized spacial score (nSPS) is 20.6. The van der Waals surface area contributed by atoms with Crippen LogP contribution in [0.3, 0.4) is 0 Å². The molecule has 10 heteroatoms. The number of carbonyl (C=O) groups is 2. The van der Waals surface area contributed by atoms with Gasteiger partial charge < -0.3 is 15.1 Å². The third-order valence-electron chi connectivity index (χ3n) is 12.1. The van der Waals surface area contributed by atoms with Gasteiger partial charge in [0.1, 0.15) is 23.3 Å². The maximum Gasteiger partial charge on any atom is 0.346 e. The first-order valence-corrected chi connectivity index (χ1v) is 22.8. The largest absolute Gasteiger partial charge is 0.477 e. The Hall–Kier alpha value is -5.39. The molecule has 0 saturated carbocycles. The van der Waals surface area contributed by atoms with Crippen molar-refractivity contribution in [3.05, 3.63) is 136 Å². The van der Waals surface area contributed by atoms with Crippen molar-refractivity contribution in [3.8, 4) is 12.1 Å². The number of hydrogen-bond donors (Lipinski definition) is 2. The Labute approximate surface area is 358 Å². The summed E-state index contributed by atoms with van der Waals surface area (Å²) in [4.78, 5) is 31.0. The zero-order valence-corrected chi connectivity index (χ0v) is 36.0. The van der Waals surface area contributed by atoms with Crippen LogP contribution in [-0.2, 0) is 27.8 Å². The first kappa shape index (κ1) is 40.4. The van der Waals surface area contributed by atoms with Crippen LogP contribution in [0.25, 0.3) is 28.9 Å². The van der Waals surface area contributed by atoms with Crippen LogP contribution in [0.2, 0.25) is 0 Å².